The van der Waals surface area contributed by atoms with Crippen LogP contribution in [0.1, 0.15) is 0 Å². The fourth-order valence-electron chi connectivity index (χ4n) is 4.89. The Bertz CT molecular complexity index is 1900. The van der Waals surface area contributed by atoms with Crippen LogP contribution in [0.3, 0.4) is 0 Å². The number of nitrogens with two attached hydrogens (primary N) is 5. The molecule has 9 nitrogen and oxygen atoms in total. The molecule has 0 bridgehead atoms. The molecule has 0 fully saturated rings. The number of carbonyl (C=O) groups is 1. The molecular weight excluding hydrogens is 520 g/mol. The number of ether oxygens (including phenoxy) is 1. The van der Waals surface area contributed by atoms with Gasteiger partial charge in [0.2, 0.25) is 6.23 Å². The van der Waals surface area contributed by atoms with Gasteiger partial charge in [0.05, 0.1) is 44.4 Å². The van der Waals surface area contributed by atoms with E-state index < -0.39 is 18.9 Å². The van der Waals surface area contributed by atoms with Crippen molar-refractivity contribution in [1.29, 1.82) is 0 Å². The number of primary amides is 1. The van der Waals surface area contributed by atoms with E-state index in [1.807, 2.05) is 48.5 Å². The van der Waals surface area contributed by atoms with Gasteiger partial charge in [0.1, 0.15) is 5.75 Å². The molecular formula is C27H24N6O3S2. The lowest BCUT2D eigenvalue weighted by molar-refractivity contribution is 0.117. The van der Waals surface area contributed by atoms with Gasteiger partial charge in [0.25, 0.3) is 0 Å². The van der Waals surface area contributed by atoms with Crippen LogP contribution in [0.4, 0.5) is 33.2 Å². The predicted octanol–water partition coefficient (Wildman–Crippen LogP) is 5.03. The number of hydrogen-bond donors (Lipinski definition) is 6. The molecule has 2 aromatic heterocycles. The van der Waals surface area contributed by atoms with Crippen LogP contribution >= 0.6 is 22.7 Å². The average molecular weight is 545 g/mol. The molecule has 0 saturated heterocycles. The topological polar surface area (TPSA) is 180 Å². The summed E-state index contributed by atoms with van der Waals surface area (Å²) in [5.74, 6) is 0.206. The van der Waals surface area contributed by atoms with Crippen LogP contribution in [0.5, 0.6) is 5.75 Å². The first kappa shape index (κ1) is 23.9. The van der Waals surface area contributed by atoms with Crippen LogP contribution in [0.2, 0.25) is 0 Å². The lowest BCUT2D eigenvalue weighted by Gasteiger charge is -2.31. The number of nitrogen functional groups attached to an aromatic ring is 4. The zero-order chi connectivity index (χ0) is 26.7. The standard InChI is InChI=1S/C27H24N6O3S2/c28-14-9-16(23(30)21-12-5-1-3-7-18(12)37-25(14)21)33(27(32)35)20(11-34)36-17-10-15(29)26-22(24(17)31)13-6-2-4-8-19(13)38-26/h1-10,20,34H,11,28-31H2,(H2,32,35). The Kier molecular flexibility index (Phi) is 5.56. The quantitative estimate of drug-likeness (QED) is 0.130. The van der Waals surface area contributed by atoms with Gasteiger partial charge in [-0.3, -0.25) is 4.90 Å². The maximum atomic E-state index is 12.8. The SMILES string of the molecule is NC(=O)N(c1cc(N)c2sc3ccccc3c2c1N)C(CO)Oc1cc(N)c2sc3ccccc3c2c1N. The van der Waals surface area contributed by atoms with Gasteiger partial charge in [-0.15, -0.1) is 22.7 Å². The molecule has 0 spiro atoms. The van der Waals surface area contributed by atoms with E-state index in [0.29, 0.717) is 28.1 Å². The van der Waals surface area contributed by atoms with E-state index in [2.05, 4.69) is 0 Å². The summed E-state index contributed by atoms with van der Waals surface area (Å²) in [5.41, 5.74) is 33.5. The Morgan fingerprint density at radius 2 is 1.37 bits per heavy atom. The highest BCUT2D eigenvalue weighted by Crippen LogP contribution is 2.47. The molecule has 11 heteroatoms. The van der Waals surface area contributed by atoms with Gasteiger partial charge in [-0.1, -0.05) is 36.4 Å². The Hall–Kier alpha value is -4.45. The van der Waals surface area contributed by atoms with Crippen molar-refractivity contribution < 1.29 is 14.6 Å². The molecule has 0 saturated carbocycles. The number of nitrogens with zero attached hydrogens (tertiary/aromatic N) is 1. The third-order valence-corrected chi connectivity index (χ3v) is 9.02. The highest BCUT2D eigenvalue weighted by atomic mass is 32.1. The lowest BCUT2D eigenvalue weighted by Crippen LogP contribution is -2.49. The van der Waals surface area contributed by atoms with E-state index in [1.165, 1.54) is 22.7 Å². The first-order valence-corrected chi connectivity index (χ1v) is 13.3. The third kappa shape index (κ3) is 3.51. The highest BCUT2D eigenvalue weighted by molar-refractivity contribution is 7.27. The number of benzene rings is 4. The van der Waals surface area contributed by atoms with Crippen molar-refractivity contribution in [2.75, 3.05) is 34.4 Å². The van der Waals surface area contributed by atoms with E-state index in [4.69, 9.17) is 33.4 Å². The van der Waals surface area contributed by atoms with E-state index in [0.717, 1.165) is 39.9 Å². The number of urea groups is 1. The van der Waals surface area contributed by atoms with Crippen molar-refractivity contribution in [1.82, 2.24) is 0 Å². The number of carbonyl (C=O) groups excluding carboxylic acids is 1. The van der Waals surface area contributed by atoms with Crippen molar-refractivity contribution in [3.8, 4) is 5.75 Å². The number of fused-ring (bicyclic) bond motifs is 6. The molecule has 1 atom stereocenters. The second-order valence-corrected chi connectivity index (χ2v) is 10.9. The fourth-order valence-corrected chi connectivity index (χ4v) is 7.18. The Morgan fingerprint density at radius 3 is 1.92 bits per heavy atom. The number of aliphatic hydroxyl groups excluding tert-OH is 1. The molecule has 2 heterocycles. The minimum atomic E-state index is -1.26. The largest absolute Gasteiger partial charge is 0.465 e. The molecule has 38 heavy (non-hydrogen) atoms. The minimum Gasteiger partial charge on any atom is -0.465 e. The summed E-state index contributed by atoms with van der Waals surface area (Å²) >= 11 is 3.03. The Morgan fingerprint density at radius 1 is 0.842 bits per heavy atom. The summed E-state index contributed by atoms with van der Waals surface area (Å²) in [6, 6.07) is 17.8. The maximum Gasteiger partial charge on any atom is 0.322 e. The lowest BCUT2D eigenvalue weighted by atomic mass is 10.1. The zero-order valence-electron chi connectivity index (χ0n) is 20.0. The number of anilines is 5. The second kappa shape index (κ2) is 8.84. The highest BCUT2D eigenvalue weighted by Gasteiger charge is 2.30. The smallest absolute Gasteiger partial charge is 0.322 e. The van der Waals surface area contributed by atoms with Crippen molar-refractivity contribution in [2.45, 2.75) is 6.23 Å². The number of rotatable bonds is 5. The van der Waals surface area contributed by atoms with Crippen LogP contribution in [-0.4, -0.2) is 24.0 Å². The van der Waals surface area contributed by atoms with Gasteiger partial charge in [-0.2, -0.15) is 0 Å². The predicted molar refractivity (Wildman–Crippen MR) is 160 cm³/mol. The van der Waals surface area contributed by atoms with Crippen LogP contribution in [0, 0.1) is 0 Å². The molecule has 192 valence electrons. The first-order valence-electron chi connectivity index (χ1n) is 11.6. The zero-order valence-corrected chi connectivity index (χ0v) is 21.6. The summed E-state index contributed by atoms with van der Waals surface area (Å²) < 4.78 is 9.78. The van der Waals surface area contributed by atoms with Gasteiger partial charge >= 0.3 is 6.03 Å². The van der Waals surface area contributed by atoms with Gasteiger partial charge in [0, 0.05) is 37.0 Å². The van der Waals surface area contributed by atoms with Gasteiger partial charge < -0.3 is 38.5 Å². The van der Waals surface area contributed by atoms with E-state index >= 15 is 0 Å². The van der Waals surface area contributed by atoms with Crippen LogP contribution in [0.15, 0.2) is 60.7 Å². The molecule has 0 aliphatic carbocycles. The molecule has 0 aliphatic rings. The Labute approximate surface area is 224 Å². The summed E-state index contributed by atoms with van der Waals surface area (Å²) in [7, 11) is 0. The second-order valence-electron chi connectivity index (χ2n) is 8.84. The van der Waals surface area contributed by atoms with E-state index in [-0.39, 0.29) is 11.4 Å². The van der Waals surface area contributed by atoms with Gasteiger partial charge in [-0.25, -0.2) is 4.79 Å². The minimum absolute atomic E-state index is 0.206. The fraction of sp³-hybridized carbons (Fsp3) is 0.0741. The van der Waals surface area contributed by atoms with Crippen molar-refractivity contribution in [3.63, 3.8) is 0 Å². The van der Waals surface area contributed by atoms with Crippen LogP contribution in [-0.2, 0) is 0 Å². The molecule has 2 amide bonds. The van der Waals surface area contributed by atoms with Crippen LogP contribution < -0.4 is 38.3 Å². The van der Waals surface area contributed by atoms with Crippen molar-refractivity contribution in [2.24, 2.45) is 5.73 Å². The van der Waals surface area contributed by atoms with E-state index in [1.54, 1.807) is 12.1 Å². The summed E-state index contributed by atoms with van der Waals surface area (Å²) in [6.07, 6.45) is -1.26. The molecule has 6 aromatic rings. The summed E-state index contributed by atoms with van der Waals surface area (Å²) in [6.45, 7) is -0.605. The molecule has 0 aliphatic heterocycles. The summed E-state index contributed by atoms with van der Waals surface area (Å²) in [4.78, 5) is 13.9. The van der Waals surface area contributed by atoms with E-state index in [9.17, 15) is 9.90 Å². The van der Waals surface area contributed by atoms with Gasteiger partial charge in [0.15, 0.2) is 0 Å². The Balaban J connectivity index is 1.50. The summed E-state index contributed by atoms with van der Waals surface area (Å²) in [5, 5.41) is 13.6. The number of amides is 2. The normalized spacial score (nSPS) is 12.4. The van der Waals surface area contributed by atoms with Crippen molar-refractivity contribution in [3.05, 3.63) is 60.7 Å². The maximum absolute atomic E-state index is 12.8. The average Bonchev–Trinajstić information content (AvgIpc) is 3.49. The van der Waals surface area contributed by atoms with Crippen molar-refractivity contribution >= 4 is 97.5 Å². The monoisotopic (exact) mass is 544 g/mol. The molecule has 4 aromatic carbocycles. The van der Waals surface area contributed by atoms with Gasteiger partial charge in [-0.05, 0) is 18.2 Å². The third-order valence-electron chi connectivity index (χ3n) is 6.58. The van der Waals surface area contributed by atoms with Crippen LogP contribution in [0.25, 0.3) is 40.3 Å². The number of thiophene rings is 2. The first-order chi connectivity index (χ1) is 18.3. The molecule has 0 radical (unpaired) electrons. The number of aliphatic hydroxyl groups is 1. The number of hydrogen-bond acceptors (Lipinski definition) is 9. The molecule has 11 N–H and O–H groups in total. The molecule has 6 rings (SSSR count). The molecule has 1 unspecified atom stereocenters.